The summed E-state index contributed by atoms with van der Waals surface area (Å²) in [5, 5.41) is 12.4. The van der Waals surface area contributed by atoms with Gasteiger partial charge in [0.1, 0.15) is 11.0 Å². The van der Waals surface area contributed by atoms with Gasteiger partial charge in [0.25, 0.3) is 11.8 Å². The first-order valence-corrected chi connectivity index (χ1v) is 14.1. The first kappa shape index (κ1) is 27.9. The number of carboxylic acid groups (broad SMARTS) is 1. The van der Waals surface area contributed by atoms with E-state index < -0.39 is 45.8 Å². The number of amides is 2. The van der Waals surface area contributed by atoms with Crippen molar-refractivity contribution >= 4 is 39.4 Å². The van der Waals surface area contributed by atoms with Crippen LogP contribution in [-0.2, 0) is 19.6 Å². The molecular weight excluding hydrogens is 539 g/mol. The summed E-state index contributed by atoms with van der Waals surface area (Å²) < 4.78 is 41.4. The minimum Gasteiger partial charge on any atom is -0.481 e. The van der Waals surface area contributed by atoms with Crippen molar-refractivity contribution in [2.45, 2.75) is 55.6 Å². The fourth-order valence-electron chi connectivity index (χ4n) is 5.07. The molecule has 2 fully saturated rings. The molecule has 0 radical (unpaired) electrons. The molecule has 1 saturated heterocycles. The molecular formula is C25H28ClFN4O6S. The van der Waals surface area contributed by atoms with E-state index >= 15 is 0 Å². The van der Waals surface area contributed by atoms with Gasteiger partial charge in [0.05, 0.1) is 16.9 Å². The van der Waals surface area contributed by atoms with Crippen molar-refractivity contribution in [3.63, 3.8) is 0 Å². The largest absolute Gasteiger partial charge is 0.481 e. The number of nitrogens with zero attached hydrogens (tertiary/aromatic N) is 3. The van der Waals surface area contributed by atoms with Crippen LogP contribution in [0.25, 0.3) is 0 Å². The van der Waals surface area contributed by atoms with Gasteiger partial charge in [0, 0.05) is 25.3 Å². The molecule has 1 saturated carbocycles. The maximum atomic E-state index is 13.7. The fraction of sp³-hybridized carbons (Fsp3) is 0.440. The van der Waals surface area contributed by atoms with Gasteiger partial charge in [-0.2, -0.15) is 4.31 Å². The van der Waals surface area contributed by atoms with Crippen LogP contribution in [-0.4, -0.2) is 70.8 Å². The van der Waals surface area contributed by atoms with Crippen molar-refractivity contribution in [3.05, 3.63) is 59.1 Å². The van der Waals surface area contributed by atoms with Gasteiger partial charge in [-0.05, 0) is 55.2 Å². The molecule has 1 aromatic carbocycles. The molecule has 1 aliphatic heterocycles. The van der Waals surface area contributed by atoms with Gasteiger partial charge in [0.15, 0.2) is 6.17 Å². The van der Waals surface area contributed by atoms with Gasteiger partial charge in [0.2, 0.25) is 10.0 Å². The lowest BCUT2D eigenvalue weighted by Gasteiger charge is -2.34. The zero-order valence-corrected chi connectivity index (χ0v) is 22.0. The lowest BCUT2D eigenvalue weighted by Crippen LogP contribution is -2.56. The summed E-state index contributed by atoms with van der Waals surface area (Å²) in [4.78, 5) is 43.5. The van der Waals surface area contributed by atoms with Gasteiger partial charge in [-0.1, -0.05) is 30.9 Å². The standard InChI is InChI=1S/C25H28ClFN4O6S/c26-21-11-6-17(15-28-21)25(35)30-12-13-31(38(36,37)19-9-7-18(27)8-10-19)24(30)23(34)29-20(14-22(32)33)16-4-2-1-3-5-16/h6-11,15-16,20,24H,1-5,12-14H2,(H,29,34)(H,32,33). The van der Waals surface area contributed by atoms with Gasteiger partial charge in [-0.3, -0.25) is 14.4 Å². The number of rotatable bonds is 8. The van der Waals surface area contributed by atoms with Crippen molar-refractivity contribution in [1.82, 2.24) is 19.5 Å². The SMILES string of the molecule is O=C(O)CC(NC(=O)C1N(C(=O)c2ccc(Cl)nc2)CCN1S(=O)(=O)c1ccc(F)cc1)C1CCCCC1. The maximum absolute atomic E-state index is 13.7. The Balaban J connectivity index is 1.68. The van der Waals surface area contributed by atoms with Crippen molar-refractivity contribution in [3.8, 4) is 0 Å². The number of carbonyl (C=O) groups is 3. The average molecular weight is 567 g/mol. The molecule has 1 aliphatic carbocycles. The predicted octanol–water partition coefficient (Wildman–Crippen LogP) is 2.89. The number of carboxylic acids is 1. The average Bonchev–Trinajstić information content (AvgIpc) is 3.35. The van der Waals surface area contributed by atoms with E-state index in [-0.39, 0.29) is 41.0 Å². The molecule has 2 amide bonds. The second kappa shape index (κ2) is 11.7. The van der Waals surface area contributed by atoms with E-state index in [0.29, 0.717) is 0 Å². The molecule has 1 aromatic heterocycles. The Labute approximate surface area is 224 Å². The molecule has 2 heterocycles. The van der Waals surface area contributed by atoms with Crippen LogP contribution in [0.15, 0.2) is 47.5 Å². The summed E-state index contributed by atoms with van der Waals surface area (Å²) in [7, 11) is -4.33. The highest BCUT2D eigenvalue weighted by Crippen LogP contribution is 2.30. The Morgan fingerprint density at radius 3 is 2.37 bits per heavy atom. The molecule has 13 heteroatoms. The Morgan fingerprint density at radius 2 is 1.76 bits per heavy atom. The lowest BCUT2D eigenvalue weighted by molar-refractivity contribution is -0.138. The van der Waals surface area contributed by atoms with Crippen LogP contribution in [0.2, 0.25) is 5.15 Å². The lowest BCUT2D eigenvalue weighted by atomic mass is 9.82. The van der Waals surface area contributed by atoms with E-state index in [4.69, 9.17) is 11.6 Å². The number of pyridine rings is 1. The van der Waals surface area contributed by atoms with Crippen molar-refractivity contribution in [2.24, 2.45) is 5.92 Å². The number of aliphatic carboxylic acids is 1. The van der Waals surface area contributed by atoms with E-state index in [1.54, 1.807) is 0 Å². The quantitative estimate of drug-likeness (QED) is 0.469. The minimum atomic E-state index is -4.33. The summed E-state index contributed by atoms with van der Waals surface area (Å²) >= 11 is 5.83. The zero-order chi connectivity index (χ0) is 27.4. The highest BCUT2D eigenvalue weighted by molar-refractivity contribution is 7.89. The Kier molecular flexibility index (Phi) is 8.64. The monoisotopic (exact) mass is 566 g/mol. The van der Waals surface area contributed by atoms with Crippen LogP contribution in [0.4, 0.5) is 4.39 Å². The Bertz CT molecular complexity index is 1290. The highest BCUT2D eigenvalue weighted by Gasteiger charge is 2.47. The van der Waals surface area contributed by atoms with Crippen molar-refractivity contribution in [2.75, 3.05) is 13.1 Å². The maximum Gasteiger partial charge on any atom is 0.305 e. The smallest absolute Gasteiger partial charge is 0.305 e. The summed E-state index contributed by atoms with van der Waals surface area (Å²) in [6, 6.07) is 6.24. The Hall–Kier alpha value is -3.09. The number of sulfonamides is 1. The third kappa shape index (κ3) is 6.13. The van der Waals surface area contributed by atoms with Gasteiger partial charge < -0.3 is 15.3 Å². The summed E-state index contributed by atoms with van der Waals surface area (Å²) in [6.07, 6.45) is 3.61. The molecule has 4 rings (SSSR count). The number of hydrogen-bond acceptors (Lipinski definition) is 6. The van der Waals surface area contributed by atoms with Crippen LogP contribution >= 0.6 is 11.6 Å². The molecule has 2 unspecified atom stereocenters. The number of aromatic nitrogens is 1. The number of carbonyl (C=O) groups excluding carboxylic acids is 2. The molecule has 2 aromatic rings. The molecule has 10 nitrogen and oxygen atoms in total. The van der Waals surface area contributed by atoms with Gasteiger partial charge >= 0.3 is 5.97 Å². The van der Waals surface area contributed by atoms with E-state index in [9.17, 15) is 32.3 Å². The van der Waals surface area contributed by atoms with Gasteiger partial charge in [-0.25, -0.2) is 17.8 Å². The van der Waals surface area contributed by atoms with E-state index in [1.807, 2.05) is 0 Å². The fourth-order valence-corrected chi connectivity index (χ4v) is 6.73. The second-order valence-electron chi connectivity index (χ2n) is 9.42. The summed E-state index contributed by atoms with van der Waals surface area (Å²) in [5.74, 6) is -3.25. The van der Waals surface area contributed by atoms with Crippen LogP contribution in [0.3, 0.4) is 0 Å². The van der Waals surface area contributed by atoms with Crippen LogP contribution in [0, 0.1) is 11.7 Å². The number of nitrogens with one attached hydrogen (secondary N) is 1. The first-order valence-electron chi connectivity index (χ1n) is 12.3. The van der Waals surface area contributed by atoms with Crippen molar-refractivity contribution < 1.29 is 32.3 Å². The third-order valence-corrected chi connectivity index (χ3v) is 9.05. The molecule has 0 spiro atoms. The molecule has 2 aliphatic rings. The normalized spacial score (nSPS) is 19.7. The predicted molar refractivity (Wildman–Crippen MR) is 135 cm³/mol. The van der Waals surface area contributed by atoms with Crippen molar-refractivity contribution in [1.29, 1.82) is 0 Å². The third-order valence-electron chi connectivity index (χ3n) is 6.96. The number of halogens is 2. The number of benzene rings is 1. The zero-order valence-electron chi connectivity index (χ0n) is 20.4. The topological polar surface area (TPSA) is 137 Å². The summed E-state index contributed by atoms with van der Waals surface area (Å²) in [6.45, 7) is -0.301. The van der Waals surface area contributed by atoms with E-state index in [2.05, 4.69) is 10.3 Å². The van der Waals surface area contributed by atoms with E-state index in [0.717, 1.165) is 65.6 Å². The molecule has 204 valence electrons. The van der Waals surface area contributed by atoms with E-state index in [1.165, 1.54) is 18.3 Å². The second-order valence-corrected chi connectivity index (χ2v) is 11.7. The molecule has 2 atom stereocenters. The Morgan fingerprint density at radius 1 is 1.08 bits per heavy atom. The minimum absolute atomic E-state index is 0.0861. The first-order chi connectivity index (χ1) is 18.1. The van der Waals surface area contributed by atoms with Crippen LogP contribution < -0.4 is 5.32 Å². The molecule has 38 heavy (non-hydrogen) atoms. The van der Waals surface area contributed by atoms with Crippen LogP contribution in [0.1, 0.15) is 48.9 Å². The molecule has 0 bridgehead atoms. The molecule has 2 N–H and O–H groups in total. The van der Waals surface area contributed by atoms with Gasteiger partial charge in [-0.15, -0.1) is 0 Å². The van der Waals surface area contributed by atoms with Crippen LogP contribution in [0.5, 0.6) is 0 Å². The highest BCUT2D eigenvalue weighted by atomic mass is 35.5. The summed E-state index contributed by atoms with van der Waals surface area (Å²) in [5.41, 5.74) is 0.0996. The number of hydrogen-bond donors (Lipinski definition) is 2.